The lowest BCUT2D eigenvalue weighted by Gasteiger charge is -2.16. The lowest BCUT2D eigenvalue weighted by molar-refractivity contribution is 0.103. The number of hydrogen-bond acceptors (Lipinski definition) is 6. The van der Waals surface area contributed by atoms with Gasteiger partial charge in [-0.3, -0.25) is 9.59 Å². The number of rotatable bonds is 28. The third-order valence-corrected chi connectivity index (χ3v) is 14.9. The number of ether oxygens (including phenoxy) is 4. The molecule has 0 aliphatic carbocycles. The van der Waals surface area contributed by atoms with E-state index in [1.54, 1.807) is 0 Å². The van der Waals surface area contributed by atoms with E-state index in [9.17, 15) is 9.59 Å². The van der Waals surface area contributed by atoms with E-state index < -0.39 is 0 Å². The van der Waals surface area contributed by atoms with E-state index >= 15 is 0 Å². The number of carbonyl (C=O) groups excluding carboxylic acids is 2. The van der Waals surface area contributed by atoms with Crippen LogP contribution in [-0.4, -0.2) is 11.6 Å². The van der Waals surface area contributed by atoms with Gasteiger partial charge in [0.2, 0.25) is 0 Å². The van der Waals surface area contributed by atoms with Crippen LogP contribution in [0.1, 0.15) is 183 Å². The van der Waals surface area contributed by atoms with E-state index in [-0.39, 0.29) is 11.6 Å². The van der Waals surface area contributed by atoms with Crippen LogP contribution in [-0.2, 0) is 51.4 Å². The van der Waals surface area contributed by atoms with Gasteiger partial charge < -0.3 is 18.9 Å². The normalized spacial score (nSPS) is 10.9. The second kappa shape index (κ2) is 31.2. The molecule has 8 aromatic carbocycles. The van der Waals surface area contributed by atoms with Gasteiger partial charge in [0.05, 0.1) is 0 Å². The highest BCUT2D eigenvalue weighted by atomic mass is 16.5. The van der Waals surface area contributed by atoms with Gasteiger partial charge in [-0.25, -0.2) is 0 Å². The molecule has 416 valence electrons. The number of hydrogen-bond donors (Lipinski definition) is 0. The highest BCUT2D eigenvalue weighted by molar-refractivity contribution is 6.09. The Hall–Kier alpha value is -7.70. The van der Waals surface area contributed by atoms with Crippen molar-refractivity contribution in [1.82, 2.24) is 0 Å². The van der Waals surface area contributed by atoms with E-state index in [0.29, 0.717) is 22.3 Å². The van der Waals surface area contributed by atoms with Gasteiger partial charge in [0.1, 0.15) is 46.0 Å². The number of unbranched alkanes of at least 4 members (excludes halogenated alkanes) is 4. The Morgan fingerprint density at radius 2 is 0.525 bits per heavy atom. The number of aryl methyl sites for hydroxylation is 4. The molecule has 0 heterocycles. The van der Waals surface area contributed by atoms with Gasteiger partial charge in [0, 0.05) is 22.3 Å². The van der Waals surface area contributed by atoms with E-state index in [0.717, 1.165) is 123 Å². The molecule has 0 saturated heterocycles. The van der Waals surface area contributed by atoms with Crippen molar-refractivity contribution in [3.8, 4) is 46.0 Å². The second-order valence-electron chi connectivity index (χ2n) is 20.6. The summed E-state index contributed by atoms with van der Waals surface area (Å²) in [5, 5.41) is 0. The molecular formula is C74H84O6. The summed E-state index contributed by atoms with van der Waals surface area (Å²) >= 11 is 0. The summed E-state index contributed by atoms with van der Waals surface area (Å²) in [6, 6.07) is 54.9. The van der Waals surface area contributed by atoms with Crippen LogP contribution in [0.4, 0.5) is 0 Å². The topological polar surface area (TPSA) is 71.1 Å². The van der Waals surface area contributed by atoms with Crippen LogP contribution in [0.3, 0.4) is 0 Å². The largest absolute Gasteiger partial charge is 0.457 e. The van der Waals surface area contributed by atoms with Gasteiger partial charge in [-0.2, -0.15) is 0 Å². The zero-order valence-corrected chi connectivity index (χ0v) is 48.9. The fourth-order valence-electron chi connectivity index (χ4n) is 10.3. The minimum absolute atomic E-state index is 0.0153. The molecule has 0 atom stereocenters. The first kappa shape index (κ1) is 60.0. The fraction of sp³-hybridized carbons (Fsp3) is 0.324. The summed E-state index contributed by atoms with van der Waals surface area (Å²) in [7, 11) is 0. The monoisotopic (exact) mass is 1070 g/mol. The quantitative estimate of drug-likeness (QED) is 0.0455. The van der Waals surface area contributed by atoms with Gasteiger partial charge in [-0.05, 0) is 243 Å². The third kappa shape index (κ3) is 16.2. The lowest BCUT2D eigenvalue weighted by Crippen LogP contribution is -2.02. The number of carbonyl (C=O) groups is 2. The molecule has 8 rings (SSSR count). The van der Waals surface area contributed by atoms with Crippen LogP contribution in [0, 0.1) is 0 Å². The smallest absolute Gasteiger partial charge is 0.193 e. The molecule has 8 aromatic rings. The van der Waals surface area contributed by atoms with E-state index in [1.807, 2.05) is 121 Å². The Morgan fingerprint density at radius 3 is 0.775 bits per heavy atom. The molecule has 0 radical (unpaired) electrons. The molecule has 6 heteroatoms. The first-order valence-corrected chi connectivity index (χ1v) is 29.8. The van der Waals surface area contributed by atoms with Crippen molar-refractivity contribution in [3.63, 3.8) is 0 Å². The molecule has 80 heavy (non-hydrogen) atoms. The standard InChI is InChI=1S/C41H50O3.C33H34O3/c1-5-9-15-31-17-13-21-39(37(31)19-11-7-3)43-35-27-23-33(24-28-35)41(42)34-25-29-36(30-26-34)44-40-22-14-18-32(16-10-6-2)38(40)20-12-8-4;1-5-23-11-9-13-31(29(23)7-3)35-27-19-15-25(16-20-27)33(34)26-17-21-28(22-18-26)36-32-14-10-12-24(6-2)30(32)8-4/h13-14,17-18,21-30H,5-12,15-16,19-20H2,1-4H3;9-22H,5-8H2,1-4H3. The summed E-state index contributed by atoms with van der Waals surface area (Å²) in [5.41, 5.74) is 13.0. The molecule has 0 aliphatic rings. The van der Waals surface area contributed by atoms with Crippen molar-refractivity contribution in [1.29, 1.82) is 0 Å². The van der Waals surface area contributed by atoms with Crippen LogP contribution in [0.5, 0.6) is 46.0 Å². The van der Waals surface area contributed by atoms with Crippen molar-refractivity contribution in [2.75, 3.05) is 0 Å². The molecule has 0 bridgehead atoms. The molecular weight excluding hydrogens is 985 g/mol. The predicted molar refractivity (Wildman–Crippen MR) is 331 cm³/mol. The van der Waals surface area contributed by atoms with Crippen LogP contribution >= 0.6 is 0 Å². The Bertz CT molecular complexity index is 2990. The molecule has 0 aliphatic heterocycles. The molecule has 6 nitrogen and oxygen atoms in total. The highest BCUT2D eigenvalue weighted by Crippen LogP contribution is 2.35. The lowest BCUT2D eigenvalue weighted by atomic mass is 9.97. The van der Waals surface area contributed by atoms with Gasteiger partial charge in [-0.15, -0.1) is 0 Å². The average molecular weight is 1070 g/mol. The molecule has 0 amide bonds. The second-order valence-corrected chi connectivity index (χ2v) is 20.6. The zero-order chi connectivity index (χ0) is 56.6. The highest BCUT2D eigenvalue weighted by Gasteiger charge is 2.17. The fourth-order valence-corrected chi connectivity index (χ4v) is 10.3. The Labute approximate surface area is 478 Å². The minimum Gasteiger partial charge on any atom is -0.457 e. The van der Waals surface area contributed by atoms with Gasteiger partial charge in [0.15, 0.2) is 11.6 Å². The van der Waals surface area contributed by atoms with Crippen LogP contribution in [0.15, 0.2) is 170 Å². The van der Waals surface area contributed by atoms with Crippen molar-refractivity contribution in [2.45, 2.75) is 158 Å². The summed E-state index contributed by atoms with van der Waals surface area (Å²) in [6.07, 6.45) is 17.3. The third-order valence-electron chi connectivity index (χ3n) is 14.9. The first-order chi connectivity index (χ1) is 39.1. The molecule has 0 saturated carbocycles. The number of ketones is 2. The van der Waals surface area contributed by atoms with Crippen molar-refractivity contribution < 1.29 is 28.5 Å². The van der Waals surface area contributed by atoms with Crippen molar-refractivity contribution in [3.05, 3.63) is 237 Å². The molecule has 0 N–H and O–H groups in total. The summed E-state index contributed by atoms with van der Waals surface area (Å²) in [6.45, 7) is 17.5. The molecule has 0 spiro atoms. The molecule has 0 fully saturated rings. The van der Waals surface area contributed by atoms with Gasteiger partial charge in [0.25, 0.3) is 0 Å². The summed E-state index contributed by atoms with van der Waals surface area (Å²) in [4.78, 5) is 26.4. The van der Waals surface area contributed by atoms with E-state index in [2.05, 4.69) is 104 Å². The summed E-state index contributed by atoms with van der Waals surface area (Å²) in [5.74, 6) is 6.50. The SMILES string of the molecule is CCCCc1cccc(Oc2ccc(C(=O)c3ccc(Oc4cccc(CCCC)c4CCCC)cc3)cc2)c1CCCC.CCc1cccc(Oc2ccc(C(=O)c3ccc(Oc4cccc(CC)c4CC)cc3)cc2)c1CC. The Kier molecular flexibility index (Phi) is 23.4. The Morgan fingerprint density at radius 1 is 0.275 bits per heavy atom. The van der Waals surface area contributed by atoms with Crippen LogP contribution < -0.4 is 18.9 Å². The van der Waals surface area contributed by atoms with Gasteiger partial charge in [-0.1, -0.05) is 130 Å². The molecule has 0 aromatic heterocycles. The summed E-state index contributed by atoms with van der Waals surface area (Å²) < 4.78 is 25.1. The zero-order valence-electron chi connectivity index (χ0n) is 48.9. The predicted octanol–water partition coefficient (Wildman–Crippen LogP) is 20.6. The average Bonchev–Trinajstić information content (AvgIpc) is 3.50. The number of benzene rings is 8. The maximum absolute atomic E-state index is 13.3. The van der Waals surface area contributed by atoms with Crippen molar-refractivity contribution >= 4 is 11.6 Å². The minimum atomic E-state index is -0.0300. The molecule has 0 unspecified atom stereocenters. The Balaban J connectivity index is 0.000000236. The maximum atomic E-state index is 13.3. The maximum Gasteiger partial charge on any atom is 0.193 e. The van der Waals surface area contributed by atoms with Crippen LogP contribution in [0.25, 0.3) is 0 Å². The van der Waals surface area contributed by atoms with E-state index in [1.165, 1.54) is 70.2 Å². The van der Waals surface area contributed by atoms with E-state index in [4.69, 9.17) is 18.9 Å². The van der Waals surface area contributed by atoms with Crippen molar-refractivity contribution in [2.24, 2.45) is 0 Å². The van der Waals surface area contributed by atoms with Crippen LogP contribution in [0.2, 0.25) is 0 Å². The van der Waals surface area contributed by atoms with Gasteiger partial charge >= 0.3 is 0 Å². The first-order valence-electron chi connectivity index (χ1n) is 29.8.